The van der Waals surface area contributed by atoms with Crippen molar-refractivity contribution in [1.82, 2.24) is 10.2 Å². The fourth-order valence-corrected chi connectivity index (χ4v) is 3.14. The molecule has 2 aliphatic rings. The van der Waals surface area contributed by atoms with Crippen molar-refractivity contribution in [3.63, 3.8) is 0 Å². The lowest BCUT2D eigenvalue weighted by molar-refractivity contribution is 0.00342. The number of piperidine rings is 1. The number of nitrogens with one attached hydrogen (secondary N) is 1. The van der Waals surface area contributed by atoms with Crippen LogP contribution in [0.2, 0.25) is 0 Å². The van der Waals surface area contributed by atoms with Gasteiger partial charge in [-0.3, -0.25) is 4.90 Å². The summed E-state index contributed by atoms with van der Waals surface area (Å²) in [6.45, 7) is 11.2. The molecule has 2 heterocycles. The van der Waals surface area contributed by atoms with Crippen molar-refractivity contribution in [3.05, 3.63) is 0 Å². The number of nitrogens with zero attached hydrogens (tertiary/aromatic N) is 1. The van der Waals surface area contributed by atoms with Gasteiger partial charge in [0.05, 0.1) is 6.10 Å². The van der Waals surface area contributed by atoms with Gasteiger partial charge in [0, 0.05) is 24.7 Å². The molecule has 2 fully saturated rings. The van der Waals surface area contributed by atoms with E-state index < -0.39 is 0 Å². The van der Waals surface area contributed by atoms with E-state index in [2.05, 4.69) is 31.0 Å². The van der Waals surface area contributed by atoms with Gasteiger partial charge < -0.3 is 10.1 Å². The summed E-state index contributed by atoms with van der Waals surface area (Å²) in [5.41, 5.74) is 0.272. The van der Waals surface area contributed by atoms with Gasteiger partial charge in [0.25, 0.3) is 0 Å². The number of likely N-dealkylation sites (N-methyl/N-ethyl adjacent to an activating group) is 1. The summed E-state index contributed by atoms with van der Waals surface area (Å²) in [5, 5.41) is 3.59. The van der Waals surface area contributed by atoms with E-state index in [0.29, 0.717) is 12.1 Å². The average molecular weight is 226 g/mol. The van der Waals surface area contributed by atoms with E-state index in [1.165, 1.54) is 32.4 Å². The minimum absolute atomic E-state index is 0.272. The predicted octanol–water partition coefficient (Wildman–Crippen LogP) is 1.63. The smallest absolute Gasteiger partial charge is 0.0728 e. The van der Waals surface area contributed by atoms with Gasteiger partial charge in [-0.2, -0.15) is 0 Å². The van der Waals surface area contributed by atoms with Crippen LogP contribution in [0.15, 0.2) is 0 Å². The maximum atomic E-state index is 5.75. The lowest BCUT2D eigenvalue weighted by atomic mass is 9.89. The second-order valence-corrected chi connectivity index (χ2v) is 5.46. The quantitative estimate of drug-likeness (QED) is 0.791. The van der Waals surface area contributed by atoms with Gasteiger partial charge in [-0.25, -0.2) is 0 Å². The summed E-state index contributed by atoms with van der Waals surface area (Å²) in [6, 6.07) is 0.684. The molecule has 0 radical (unpaired) electrons. The number of hydrogen-bond acceptors (Lipinski definition) is 3. The summed E-state index contributed by atoms with van der Waals surface area (Å²) >= 11 is 0. The van der Waals surface area contributed by atoms with Crippen molar-refractivity contribution < 1.29 is 4.74 Å². The molecule has 0 saturated carbocycles. The summed E-state index contributed by atoms with van der Waals surface area (Å²) in [5.74, 6) is 0. The van der Waals surface area contributed by atoms with Gasteiger partial charge in [0.15, 0.2) is 0 Å². The zero-order valence-electron chi connectivity index (χ0n) is 11.0. The topological polar surface area (TPSA) is 24.5 Å². The molecule has 2 aliphatic heterocycles. The Labute approximate surface area is 99.5 Å². The molecule has 3 heteroatoms. The normalized spacial score (nSPS) is 41.4. The summed E-state index contributed by atoms with van der Waals surface area (Å²) in [6.07, 6.45) is 4.22. The minimum atomic E-state index is 0.272. The standard InChI is InChI=1S/C13H26N2O/c1-4-14-12-6-5-8-15(10-12)13(3)7-9-16-11(13)2/h11-12,14H,4-10H2,1-3H3. The molecule has 1 N–H and O–H groups in total. The molecule has 2 rings (SSSR count). The first-order chi connectivity index (χ1) is 7.66. The van der Waals surface area contributed by atoms with Gasteiger partial charge >= 0.3 is 0 Å². The average Bonchev–Trinajstić information content (AvgIpc) is 2.62. The van der Waals surface area contributed by atoms with E-state index in [1.54, 1.807) is 0 Å². The Morgan fingerprint density at radius 1 is 1.50 bits per heavy atom. The first-order valence-corrected chi connectivity index (χ1v) is 6.77. The molecule has 0 aromatic carbocycles. The highest BCUT2D eigenvalue weighted by Crippen LogP contribution is 2.33. The Morgan fingerprint density at radius 3 is 2.94 bits per heavy atom. The molecule has 16 heavy (non-hydrogen) atoms. The van der Waals surface area contributed by atoms with E-state index in [-0.39, 0.29) is 5.54 Å². The van der Waals surface area contributed by atoms with Crippen molar-refractivity contribution >= 4 is 0 Å². The van der Waals surface area contributed by atoms with E-state index in [9.17, 15) is 0 Å². The number of rotatable bonds is 3. The van der Waals surface area contributed by atoms with Crippen LogP contribution in [0.4, 0.5) is 0 Å². The van der Waals surface area contributed by atoms with Crippen LogP contribution < -0.4 is 5.32 Å². The summed E-state index contributed by atoms with van der Waals surface area (Å²) in [4.78, 5) is 2.65. The highest BCUT2D eigenvalue weighted by atomic mass is 16.5. The number of hydrogen-bond donors (Lipinski definition) is 1. The molecular formula is C13H26N2O. The van der Waals surface area contributed by atoms with Crippen LogP contribution in [-0.4, -0.2) is 48.8 Å². The van der Waals surface area contributed by atoms with Gasteiger partial charge in [-0.15, -0.1) is 0 Å². The highest BCUT2D eigenvalue weighted by molar-refractivity contribution is 4.98. The van der Waals surface area contributed by atoms with Crippen molar-refractivity contribution in [2.24, 2.45) is 0 Å². The van der Waals surface area contributed by atoms with Gasteiger partial charge in [0.2, 0.25) is 0 Å². The molecule has 0 bridgehead atoms. The zero-order valence-corrected chi connectivity index (χ0v) is 11.0. The molecule has 0 spiro atoms. The second-order valence-electron chi connectivity index (χ2n) is 5.46. The zero-order chi connectivity index (χ0) is 11.6. The van der Waals surface area contributed by atoms with E-state index in [1.807, 2.05) is 0 Å². The molecule has 3 atom stereocenters. The van der Waals surface area contributed by atoms with Gasteiger partial charge in [-0.05, 0) is 46.2 Å². The Hall–Kier alpha value is -0.120. The van der Waals surface area contributed by atoms with Crippen LogP contribution in [0.1, 0.15) is 40.0 Å². The highest BCUT2D eigenvalue weighted by Gasteiger charge is 2.43. The Kier molecular flexibility index (Phi) is 3.88. The Balaban J connectivity index is 1.98. The van der Waals surface area contributed by atoms with Crippen LogP contribution in [0.5, 0.6) is 0 Å². The molecule has 3 nitrogen and oxygen atoms in total. The SMILES string of the molecule is CCNC1CCCN(C2(C)CCOC2C)C1. The van der Waals surface area contributed by atoms with Crippen molar-refractivity contribution in [2.45, 2.75) is 57.7 Å². The van der Waals surface area contributed by atoms with Crippen molar-refractivity contribution in [3.8, 4) is 0 Å². The molecule has 94 valence electrons. The van der Waals surface area contributed by atoms with Crippen molar-refractivity contribution in [2.75, 3.05) is 26.2 Å². The Morgan fingerprint density at radius 2 is 2.31 bits per heavy atom. The second kappa shape index (κ2) is 5.03. The van der Waals surface area contributed by atoms with Crippen LogP contribution in [-0.2, 0) is 4.74 Å². The van der Waals surface area contributed by atoms with Crippen molar-refractivity contribution in [1.29, 1.82) is 0 Å². The largest absolute Gasteiger partial charge is 0.377 e. The third kappa shape index (κ3) is 2.27. The number of likely N-dealkylation sites (tertiary alicyclic amines) is 1. The fourth-order valence-electron chi connectivity index (χ4n) is 3.14. The predicted molar refractivity (Wildman–Crippen MR) is 66.7 cm³/mol. The molecule has 2 saturated heterocycles. The van der Waals surface area contributed by atoms with E-state index in [4.69, 9.17) is 4.74 Å². The van der Waals surface area contributed by atoms with Crippen LogP contribution in [0.3, 0.4) is 0 Å². The molecule has 3 unspecified atom stereocenters. The summed E-state index contributed by atoms with van der Waals surface area (Å²) < 4.78 is 5.75. The van der Waals surface area contributed by atoms with Gasteiger partial charge in [-0.1, -0.05) is 6.92 Å². The van der Waals surface area contributed by atoms with E-state index in [0.717, 1.165) is 13.2 Å². The lowest BCUT2D eigenvalue weighted by Crippen LogP contribution is -2.57. The molecule has 0 aromatic heterocycles. The number of ether oxygens (including phenoxy) is 1. The lowest BCUT2D eigenvalue weighted by Gasteiger charge is -2.45. The van der Waals surface area contributed by atoms with E-state index >= 15 is 0 Å². The minimum Gasteiger partial charge on any atom is -0.377 e. The molecule has 0 aliphatic carbocycles. The van der Waals surface area contributed by atoms with Crippen LogP contribution in [0, 0.1) is 0 Å². The summed E-state index contributed by atoms with van der Waals surface area (Å²) in [7, 11) is 0. The molecule has 0 amide bonds. The maximum absolute atomic E-state index is 5.75. The van der Waals surface area contributed by atoms with Crippen LogP contribution >= 0.6 is 0 Å². The van der Waals surface area contributed by atoms with Crippen LogP contribution in [0.25, 0.3) is 0 Å². The Bertz CT molecular complexity index is 232. The fraction of sp³-hybridized carbons (Fsp3) is 1.00. The van der Waals surface area contributed by atoms with Gasteiger partial charge in [0.1, 0.15) is 0 Å². The third-order valence-electron chi connectivity index (χ3n) is 4.49. The first kappa shape index (κ1) is 12.3. The first-order valence-electron chi connectivity index (χ1n) is 6.77. The molecule has 0 aromatic rings. The maximum Gasteiger partial charge on any atom is 0.0728 e. The molecular weight excluding hydrogens is 200 g/mol. The third-order valence-corrected chi connectivity index (χ3v) is 4.49. The monoisotopic (exact) mass is 226 g/mol.